The number of rotatable bonds is 9. The molecule has 0 radical (unpaired) electrons. The van der Waals surface area contributed by atoms with Gasteiger partial charge in [-0.3, -0.25) is 4.79 Å². The Morgan fingerprint density at radius 3 is 2.34 bits per heavy atom. The highest BCUT2D eigenvalue weighted by Gasteiger charge is 2.27. The molecule has 6 nitrogen and oxygen atoms in total. The molecular weight excluding hydrogens is 448 g/mol. The van der Waals surface area contributed by atoms with Crippen LogP contribution in [0, 0.1) is 6.92 Å². The SMILES string of the molecule is COc1ccc(S(=O)(=O)N(CCc2ccccc2)CC(=O)Nc2ccc(C)cc2)cc1Cl. The zero-order valence-electron chi connectivity index (χ0n) is 17.9. The standard InChI is InChI=1S/C24H25ClN2O4S/c1-18-8-10-20(11-9-18)26-24(28)17-27(15-14-19-6-4-3-5-7-19)32(29,30)21-12-13-23(31-2)22(25)16-21/h3-13,16H,14-15,17H2,1-2H3,(H,26,28). The van der Waals surface area contributed by atoms with E-state index in [4.69, 9.17) is 16.3 Å². The number of methoxy groups -OCH3 is 1. The summed E-state index contributed by atoms with van der Waals surface area (Å²) < 4.78 is 33.1. The molecule has 1 N–H and O–H groups in total. The minimum atomic E-state index is -3.98. The fraction of sp³-hybridized carbons (Fsp3) is 0.208. The molecular formula is C24H25ClN2O4S. The molecule has 0 heterocycles. The Morgan fingerprint density at radius 1 is 1.03 bits per heavy atom. The first kappa shape index (κ1) is 23.8. The van der Waals surface area contributed by atoms with Crippen molar-refractivity contribution in [2.75, 3.05) is 25.5 Å². The van der Waals surface area contributed by atoms with E-state index < -0.39 is 15.9 Å². The summed E-state index contributed by atoms with van der Waals surface area (Å²) in [7, 11) is -2.52. The van der Waals surface area contributed by atoms with E-state index in [0.717, 1.165) is 11.1 Å². The minimum Gasteiger partial charge on any atom is -0.495 e. The zero-order chi connectivity index (χ0) is 23.1. The van der Waals surface area contributed by atoms with Crippen molar-refractivity contribution in [2.45, 2.75) is 18.2 Å². The van der Waals surface area contributed by atoms with Crippen LogP contribution in [0.15, 0.2) is 77.7 Å². The first-order chi connectivity index (χ1) is 15.3. The fourth-order valence-corrected chi connectivity index (χ4v) is 4.88. The van der Waals surface area contributed by atoms with Gasteiger partial charge < -0.3 is 10.1 Å². The second kappa shape index (κ2) is 10.6. The number of anilines is 1. The maximum absolute atomic E-state index is 13.4. The summed E-state index contributed by atoms with van der Waals surface area (Å²) >= 11 is 6.15. The van der Waals surface area contributed by atoms with Crippen molar-refractivity contribution < 1.29 is 17.9 Å². The van der Waals surface area contributed by atoms with Crippen molar-refractivity contribution in [3.05, 3.63) is 88.9 Å². The third-order valence-corrected chi connectivity index (χ3v) is 7.05. The number of nitrogens with one attached hydrogen (secondary N) is 1. The Bertz CT molecular complexity index is 1170. The van der Waals surface area contributed by atoms with Gasteiger partial charge >= 0.3 is 0 Å². The van der Waals surface area contributed by atoms with E-state index >= 15 is 0 Å². The Labute approximate surface area is 193 Å². The number of benzene rings is 3. The molecule has 0 unspecified atom stereocenters. The molecule has 0 spiro atoms. The third kappa shape index (κ3) is 6.09. The number of sulfonamides is 1. The van der Waals surface area contributed by atoms with E-state index in [0.29, 0.717) is 17.9 Å². The lowest BCUT2D eigenvalue weighted by Gasteiger charge is -2.22. The summed E-state index contributed by atoms with van der Waals surface area (Å²) in [5.41, 5.74) is 2.64. The molecule has 168 valence electrons. The van der Waals surface area contributed by atoms with Gasteiger partial charge in [0.25, 0.3) is 0 Å². The molecule has 0 aliphatic heterocycles. The van der Waals surface area contributed by atoms with Crippen molar-refractivity contribution in [1.29, 1.82) is 0 Å². The molecule has 0 saturated heterocycles. The molecule has 0 bridgehead atoms. The van der Waals surface area contributed by atoms with E-state index in [1.54, 1.807) is 12.1 Å². The van der Waals surface area contributed by atoms with Crippen LogP contribution < -0.4 is 10.1 Å². The molecule has 1 amide bonds. The number of carbonyl (C=O) groups is 1. The van der Waals surface area contributed by atoms with Crippen molar-refractivity contribution in [2.24, 2.45) is 0 Å². The normalized spacial score (nSPS) is 11.4. The number of hydrogen-bond donors (Lipinski definition) is 1. The average Bonchev–Trinajstić information content (AvgIpc) is 2.78. The molecule has 0 saturated carbocycles. The second-order valence-corrected chi connectivity index (χ2v) is 9.63. The van der Waals surface area contributed by atoms with Gasteiger partial charge in [-0.2, -0.15) is 4.31 Å². The maximum Gasteiger partial charge on any atom is 0.243 e. The quantitative estimate of drug-likeness (QED) is 0.496. The Kier molecular flexibility index (Phi) is 7.90. The van der Waals surface area contributed by atoms with Gasteiger partial charge in [-0.25, -0.2) is 8.42 Å². The lowest BCUT2D eigenvalue weighted by atomic mass is 10.1. The van der Waals surface area contributed by atoms with Gasteiger partial charge in [0.1, 0.15) is 5.75 Å². The average molecular weight is 473 g/mol. The second-order valence-electron chi connectivity index (χ2n) is 7.28. The molecule has 3 aromatic carbocycles. The van der Waals surface area contributed by atoms with Gasteiger partial charge in [0, 0.05) is 12.2 Å². The molecule has 32 heavy (non-hydrogen) atoms. The van der Waals surface area contributed by atoms with Crippen LogP contribution in [-0.4, -0.2) is 38.8 Å². The number of carbonyl (C=O) groups excluding carboxylic acids is 1. The van der Waals surface area contributed by atoms with Crippen LogP contribution in [0.5, 0.6) is 5.75 Å². The summed E-state index contributed by atoms with van der Waals surface area (Å²) in [6.45, 7) is 1.76. The lowest BCUT2D eigenvalue weighted by Crippen LogP contribution is -2.39. The topological polar surface area (TPSA) is 75.7 Å². The van der Waals surface area contributed by atoms with Crippen LogP contribution in [0.25, 0.3) is 0 Å². The third-order valence-electron chi connectivity index (χ3n) is 4.91. The van der Waals surface area contributed by atoms with E-state index in [1.165, 1.54) is 29.6 Å². The lowest BCUT2D eigenvalue weighted by molar-refractivity contribution is -0.116. The summed E-state index contributed by atoms with van der Waals surface area (Å²) in [4.78, 5) is 12.7. The maximum atomic E-state index is 13.4. The van der Waals surface area contributed by atoms with Crippen LogP contribution in [0.4, 0.5) is 5.69 Å². The van der Waals surface area contributed by atoms with Crippen LogP contribution in [-0.2, 0) is 21.2 Å². The smallest absolute Gasteiger partial charge is 0.243 e. The number of ether oxygens (including phenoxy) is 1. The molecule has 8 heteroatoms. The summed E-state index contributed by atoms with van der Waals surface area (Å²) in [6, 6.07) is 21.1. The van der Waals surface area contributed by atoms with Crippen molar-refractivity contribution >= 4 is 33.2 Å². The monoisotopic (exact) mass is 472 g/mol. The highest BCUT2D eigenvalue weighted by molar-refractivity contribution is 7.89. The Balaban J connectivity index is 1.84. The molecule has 3 rings (SSSR count). The van der Waals surface area contributed by atoms with E-state index in [9.17, 15) is 13.2 Å². The van der Waals surface area contributed by atoms with Gasteiger partial charge in [0.2, 0.25) is 15.9 Å². The molecule has 0 atom stereocenters. The van der Waals surface area contributed by atoms with Gasteiger partial charge in [-0.05, 0) is 49.2 Å². The molecule has 0 aliphatic carbocycles. The number of aryl methyl sites for hydroxylation is 1. The Morgan fingerprint density at radius 2 is 1.72 bits per heavy atom. The number of halogens is 1. The van der Waals surface area contributed by atoms with E-state index in [-0.39, 0.29) is 23.0 Å². The first-order valence-corrected chi connectivity index (χ1v) is 11.9. The number of hydrogen-bond acceptors (Lipinski definition) is 4. The highest BCUT2D eigenvalue weighted by atomic mass is 35.5. The summed E-state index contributed by atoms with van der Waals surface area (Å²) in [5.74, 6) is -0.0522. The Hall–Kier alpha value is -2.87. The minimum absolute atomic E-state index is 0.000465. The molecule has 0 aliphatic rings. The van der Waals surface area contributed by atoms with Crippen LogP contribution in [0.2, 0.25) is 5.02 Å². The summed E-state index contributed by atoms with van der Waals surface area (Å²) in [5, 5.41) is 2.94. The summed E-state index contributed by atoms with van der Waals surface area (Å²) in [6.07, 6.45) is 0.460. The predicted molar refractivity (Wildman–Crippen MR) is 127 cm³/mol. The van der Waals surface area contributed by atoms with Gasteiger partial charge in [0.15, 0.2) is 0 Å². The van der Waals surface area contributed by atoms with Gasteiger partial charge in [-0.15, -0.1) is 0 Å². The molecule has 0 fully saturated rings. The molecule has 3 aromatic rings. The highest BCUT2D eigenvalue weighted by Crippen LogP contribution is 2.28. The van der Waals surface area contributed by atoms with Crippen molar-refractivity contribution in [3.8, 4) is 5.75 Å². The number of amides is 1. The number of nitrogens with zero attached hydrogens (tertiary/aromatic N) is 1. The predicted octanol–water partition coefficient (Wildman–Crippen LogP) is 4.53. The fourth-order valence-electron chi connectivity index (χ4n) is 3.14. The first-order valence-electron chi connectivity index (χ1n) is 10.0. The van der Waals surface area contributed by atoms with Crippen LogP contribution in [0.3, 0.4) is 0 Å². The van der Waals surface area contributed by atoms with Crippen molar-refractivity contribution in [1.82, 2.24) is 4.31 Å². The van der Waals surface area contributed by atoms with Gasteiger partial charge in [0.05, 0.1) is 23.6 Å². The van der Waals surface area contributed by atoms with Crippen LogP contribution >= 0.6 is 11.6 Å². The van der Waals surface area contributed by atoms with Crippen molar-refractivity contribution in [3.63, 3.8) is 0 Å². The van der Waals surface area contributed by atoms with Crippen LogP contribution in [0.1, 0.15) is 11.1 Å². The van der Waals surface area contributed by atoms with Gasteiger partial charge in [-0.1, -0.05) is 59.6 Å². The molecule has 0 aromatic heterocycles. The van der Waals surface area contributed by atoms with E-state index in [1.807, 2.05) is 49.4 Å². The van der Waals surface area contributed by atoms with E-state index in [2.05, 4.69) is 5.32 Å². The largest absolute Gasteiger partial charge is 0.495 e. The zero-order valence-corrected chi connectivity index (χ0v) is 19.5.